The van der Waals surface area contributed by atoms with Gasteiger partial charge in [-0.1, -0.05) is 5.57 Å². The van der Waals surface area contributed by atoms with Gasteiger partial charge in [-0.05, 0) is 44.1 Å². The van der Waals surface area contributed by atoms with Gasteiger partial charge in [0, 0.05) is 26.0 Å². The van der Waals surface area contributed by atoms with Crippen LogP contribution in [-0.4, -0.2) is 26.0 Å². The van der Waals surface area contributed by atoms with Crippen molar-refractivity contribution in [1.82, 2.24) is 0 Å². The van der Waals surface area contributed by atoms with E-state index in [4.69, 9.17) is 4.74 Å². The summed E-state index contributed by atoms with van der Waals surface area (Å²) < 4.78 is 5.41. The first-order valence-corrected chi connectivity index (χ1v) is 5.62. The van der Waals surface area contributed by atoms with Crippen molar-refractivity contribution < 1.29 is 4.74 Å². The van der Waals surface area contributed by atoms with Gasteiger partial charge in [0.05, 0.1) is 0 Å². The number of nitrogens with zero attached hydrogens (tertiary/aromatic N) is 1. The molecule has 1 atom stereocenters. The highest BCUT2D eigenvalue weighted by Crippen LogP contribution is 2.32. The Morgan fingerprint density at radius 1 is 1.29 bits per heavy atom. The van der Waals surface area contributed by atoms with Crippen LogP contribution in [0.3, 0.4) is 0 Å². The number of ether oxygens (including phenoxy) is 1. The van der Waals surface area contributed by atoms with Crippen LogP contribution >= 0.6 is 0 Å². The van der Waals surface area contributed by atoms with E-state index in [-0.39, 0.29) is 0 Å². The van der Waals surface area contributed by atoms with Crippen molar-refractivity contribution in [2.75, 3.05) is 19.8 Å². The van der Waals surface area contributed by atoms with Crippen molar-refractivity contribution in [2.45, 2.75) is 26.2 Å². The predicted molar refractivity (Wildman–Crippen MR) is 58.8 cm³/mol. The zero-order chi connectivity index (χ0) is 9.80. The number of aliphatic imine (C=N–C) groups is 1. The van der Waals surface area contributed by atoms with Gasteiger partial charge in [-0.3, -0.25) is 4.99 Å². The third-order valence-electron chi connectivity index (χ3n) is 3.43. The lowest BCUT2D eigenvalue weighted by atomic mass is 9.80. The quantitative estimate of drug-likeness (QED) is 0.627. The Balaban J connectivity index is 2.01. The molecule has 1 fully saturated rings. The number of rotatable bonds is 1. The normalized spacial score (nSPS) is 29.8. The maximum absolute atomic E-state index is 5.41. The van der Waals surface area contributed by atoms with Crippen LogP contribution in [0.5, 0.6) is 0 Å². The Morgan fingerprint density at radius 3 is 2.86 bits per heavy atom. The lowest BCUT2D eigenvalue weighted by molar-refractivity contribution is 0.0513. The van der Waals surface area contributed by atoms with Crippen molar-refractivity contribution in [3.8, 4) is 0 Å². The van der Waals surface area contributed by atoms with Gasteiger partial charge in [-0.2, -0.15) is 0 Å². The molecule has 2 heteroatoms. The van der Waals surface area contributed by atoms with Crippen LogP contribution in [0.15, 0.2) is 16.6 Å². The van der Waals surface area contributed by atoms with Gasteiger partial charge >= 0.3 is 0 Å². The van der Waals surface area contributed by atoms with E-state index in [1.807, 2.05) is 6.21 Å². The monoisotopic (exact) mass is 193 g/mol. The summed E-state index contributed by atoms with van der Waals surface area (Å²) in [5.74, 6) is 1.59. The summed E-state index contributed by atoms with van der Waals surface area (Å²) in [7, 11) is 0. The van der Waals surface area contributed by atoms with Crippen molar-refractivity contribution in [3.63, 3.8) is 0 Å². The average molecular weight is 193 g/mol. The highest BCUT2D eigenvalue weighted by Gasteiger charge is 2.25. The summed E-state index contributed by atoms with van der Waals surface area (Å²) in [5.41, 5.74) is 1.51. The molecular weight excluding hydrogens is 174 g/mol. The molecule has 0 unspecified atom stereocenters. The second-order valence-electron chi connectivity index (χ2n) is 4.31. The van der Waals surface area contributed by atoms with E-state index in [9.17, 15) is 0 Å². The van der Waals surface area contributed by atoms with Crippen LogP contribution in [0, 0.1) is 11.8 Å². The van der Waals surface area contributed by atoms with Gasteiger partial charge in [-0.25, -0.2) is 0 Å². The first kappa shape index (κ1) is 9.91. The van der Waals surface area contributed by atoms with E-state index < -0.39 is 0 Å². The molecule has 2 heterocycles. The highest BCUT2D eigenvalue weighted by molar-refractivity contribution is 5.72. The van der Waals surface area contributed by atoms with Gasteiger partial charge in [0.15, 0.2) is 0 Å². The van der Waals surface area contributed by atoms with Crippen molar-refractivity contribution in [3.05, 3.63) is 11.6 Å². The Bertz CT molecular complexity index is 239. The molecule has 0 amide bonds. The Labute approximate surface area is 86.1 Å². The van der Waals surface area contributed by atoms with Gasteiger partial charge in [0.25, 0.3) is 0 Å². The first-order chi connectivity index (χ1) is 6.88. The molecule has 2 rings (SSSR count). The maximum atomic E-state index is 5.41. The van der Waals surface area contributed by atoms with Crippen LogP contribution in [-0.2, 0) is 4.74 Å². The van der Waals surface area contributed by atoms with Gasteiger partial charge < -0.3 is 4.74 Å². The van der Waals surface area contributed by atoms with Crippen LogP contribution in [0.25, 0.3) is 0 Å². The summed E-state index contributed by atoms with van der Waals surface area (Å²) in [4.78, 5) is 4.33. The second kappa shape index (κ2) is 4.74. The standard InChI is InChI=1S/C12H19NO/c1-10-2-6-13-7-3-12(10)11-4-8-14-9-5-11/h2,6,11-12H,3-5,7-9H2,1H3/t12-/m0/s1. The zero-order valence-corrected chi connectivity index (χ0v) is 8.91. The Morgan fingerprint density at radius 2 is 2.07 bits per heavy atom. The lowest BCUT2D eigenvalue weighted by Gasteiger charge is -2.30. The first-order valence-electron chi connectivity index (χ1n) is 5.62. The fourth-order valence-corrected chi connectivity index (χ4v) is 2.54. The van der Waals surface area contributed by atoms with E-state index in [1.54, 1.807) is 0 Å². The fraction of sp³-hybridized carbons (Fsp3) is 0.750. The summed E-state index contributed by atoms with van der Waals surface area (Å²) in [6.45, 7) is 5.15. The van der Waals surface area contributed by atoms with Crippen LogP contribution in [0.2, 0.25) is 0 Å². The van der Waals surface area contributed by atoms with Crippen LogP contribution < -0.4 is 0 Å². The average Bonchev–Trinajstić information content (AvgIpc) is 2.44. The summed E-state index contributed by atoms with van der Waals surface area (Å²) >= 11 is 0. The summed E-state index contributed by atoms with van der Waals surface area (Å²) in [6, 6.07) is 0. The molecule has 0 saturated carbocycles. The lowest BCUT2D eigenvalue weighted by Crippen LogP contribution is -2.24. The summed E-state index contributed by atoms with van der Waals surface area (Å²) in [6.07, 6.45) is 7.84. The Hall–Kier alpha value is -0.630. The van der Waals surface area contributed by atoms with E-state index in [0.717, 1.165) is 31.6 Å². The molecule has 2 aliphatic rings. The molecule has 14 heavy (non-hydrogen) atoms. The zero-order valence-electron chi connectivity index (χ0n) is 8.91. The van der Waals surface area contributed by atoms with E-state index >= 15 is 0 Å². The van der Waals surface area contributed by atoms with E-state index in [2.05, 4.69) is 18.0 Å². The van der Waals surface area contributed by atoms with Crippen molar-refractivity contribution in [1.29, 1.82) is 0 Å². The molecule has 0 aromatic heterocycles. The summed E-state index contributed by atoms with van der Waals surface area (Å²) in [5, 5.41) is 0. The molecule has 0 N–H and O–H groups in total. The largest absolute Gasteiger partial charge is 0.381 e. The minimum atomic E-state index is 0.751. The molecule has 0 bridgehead atoms. The van der Waals surface area contributed by atoms with Crippen LogP contribution in [0.4, 0.5) is 0 Å². The van der Waals surface area contributed by atoms with E-state index in [1.165, 1.54) is 24.8 Å². The molecule has 0 aromatic rings. The minimum Gasteiger partial charge on any atom is -0.381 e. The van der Waals surface area contributed by atoms with Gasteiger partial charge in [0.1, 0.15) is 0 Å². The molecule has 2 nitrogen and oxygen atoms in total. The van der Waals surface area contributed by atoms with E-state index in [0.29, 0.717) is 0 Å². The Kier molecular flexibility index (Phi) is 3.35. The molecular formula is C12H19NO. The third kappa shape index (κ3) is 2.24. The fourth-order valence-electron chi connectivity index (χ4n) is 2.54. The second-order valence-corrected chi connectivity index (χ2v) is 4.31. The third-order valence-corrected chi connectivity index (χ3v) is 3.43. The smallest absolute Gasteiger partial charge is 0.0468 e. The molecule has 0 aliphatic carbocycles. The maximum Gasteiger partial charge on any atom is 0.0468 e. The van der Waals surface area contributed by atoms with Crippen molar-refractivity contribution in [2.24, 2.45) is 16.8 Å². The topological polar surface area (TPSA) is 21.6 Å². The predicted octanol–water partition coefficient (Wildman–Crippen LogP) is 2.45. The molecule has 0 radical (unpaired) electrons. The minimum absolute atomic E-state index is 0.751. The SMILES string of the molecule is CC1=CC=NCC[C@@H]1C1CCOCC1. The molecule has 1 saturated heterocycles. The highest BCUT2D eigenvalue weighted by atomic mass is 16.5. The molecule has 78 valence electrons. The number of allylic oxidation sites excluding steroid dienone is 2. The van der Waals surface area contributed by atoms with Crippen LogP contribution in [0.1, 0.15) is 26.2 Å². The van der Waals surface area contributed by atoms with Gasteiger partial charge in [-0.15, -0.1) is 0 Å². The molecule has 0 aromatic carbocycles. The van der Waals surface area contributed by atoms with Crippen molar-refractivity contribution >= 4 is 6.21 Å². The molecule has 2 aliphatic heterocycles. The number of hydrogen-bond donors (Lipinski definition) is 0. The molecule has 0 spiro atoms. The van der Waals surface area contributed by atoms with Gasteiger partial charge in [0.2, 0.25) is 0 Å². The number of hydrogen-bond acceptors (Lipinski definition) is 2.